The Labute approximate surface area is 258 Å². The van der Waals surface area contributed by atoms with Crippen LogP contribution in [-0.4, -0.2) is 48.6 Å². The van der Waals surface area contributed by atoms with Crippen LogP contribution >= 0.6 is 0 Å². The molecule has 6 heteroatoms. The third-order valence-corrected chi connectivity index (χ3v) is 8.23. The number of rotatable bonds is 31. The van der Waals surface area contributed by atoms with Gasteiger partial charge in [0.15, 0.2) is 6.10 Å². The topological polar surface area (TPSA) is 85.4 Å². The predicted octanol–water partition coefficient (Wildman–Crippen LogP) is 9.55. The zero-order chi connectivity index (χ0) is 30.5. The lowest BCUT2D eigenvalue weighted by Crippen LogP contribution is -2.28. The first-order chi connectivity index (χ1) is 20.6. The molecule has 1 rings (SSSR count). The van der Waals surface area contributed by atoms with Gasteiger partial charge in [-0.3, -0.25) is 9.59 Å². The van der Waals surface area contributed by atoms with Crippen molar-refractivity contribution in [3.05, 3.63) is 12.2 Å². The van der Waals surface area contributed by atoms with Gasteiger partial charge in [0, 0.05) is 12.8 Å². The fourth-order valence-corrected chi connectivity index (χ4v) is 5.38. The highest BCUT2D eigenvalue weighted by atomic mass is 16.6. The van der Waals surface area contributed by atoms with Gasteiger partial charge in [-0.05, 0) is 38.5 Å². The number of epoxide rings is 1. The van der Waals surface area contributed by atoms with Crippen LogP contribution in [0.15, 0.2) is 12.2 Å². The van der Waals surface area contributed by atoms with Crippen LogP contribution in [0.25, 0.3) is 0 Å². The molecule has 0 aliphatic carbocycles. The van der Waals surface area contributed by atoms with Crippen molar-refractivity contribution >= 4 is 11.9 Å². The summed E-state index contributed by atoms with van der Waals surface area (Å²) in [7, 11) is 0. The van der Waals surface area contributed by atoms with Gasteiger partial charge in [-0.25, -0.2) is 0 Å². The molecule has 0 amide bonds. The SMILES string of the molecule is CCCCCCCCCCCCCCC(=O)OC[C@H](CO)OC(=O)CCCCCCC/C=C\CC1OC1CCCCC. The van der Waals surface area contributed by atoms with Crippen molar-refractivity contribution in [2.75, 3.05) is 13.2 Å². The number of aliphatic hydroxyl groups is 1. The molecular formula is C36H66O6. The first kappa shape index (κ1) is 38.6. The average Bonchev–Trinajstić information content (AvgIpc) is 3.74. The van der Waals surface area contributed by atoms with E-state index in [-0.39, 0.29) is 25.2 Å². The Bertz CT molecular complexity index is 663. The van der Waals surface area contributed by atoms with Gasteiger partial charge in [0.25, 0.3) is 0 Å². The van der Waals surface area contributed by atoms with Gasteiger partial charge in [0.1, 0.15) is 6.61 Å². The Kier molecular flexibility index (Phi) is 26.1. The van der Waals surface area contributed by atoms with E-state index in [0.29, 0.717) is 25.0 Å². The first-order valence-corrected chi connectivity index (χ1v) is 17.9. The van der Waals surface area contributed by atoms with E-state index in [2.05, 4.69) is 26.0 Å². The second-order valence-corrected chi connectivity index (χ2v) is 12.3. The quantitative estimate of drug-likeness (QED) is 0.0372. The van der Waals surface area contributed by atoms with E-state index in [1.807, 2.05) is 0 Å². The molecular weight excluding hydrogens is 528 g/mol. The molecule has 0 saturated carbocycles. The van der Waals surface area contributed by atoms with Gasteiger partial charge in [0.05, 0.1) is 18.8 Å². The van der Waals surface area contributed by atoms with E-state index >= 15 is 0 Å². The van der Waals surface area contributed by atoms with Crippen molar-refractivity contribution in [3.63, 3.8) is 0 Å². The minimum atomic E-state index is -0.775. The molecule has 42 heavy (non-hydrogen) atoms. The van der Waals surface area contributed by atoms with Crippen molar-refractivity contribution in [1.82, 2.24) is 0 Å². The number of aliphatic hydroxyl groups excluding tert-OH is 1. The molecule has 0 aromatic heterocycles. The Balaban J connectivity index is 1.89. The number of unbranched alkanes of at least 4 members (excludes halogenated alkanes) is 18. The van der Waals surface area contributed by atoms with E-state index in [4.69, 9.17) is 14.2 Å². The average molecular weight is 595 g/mol. The normalized spacial score (nSPS) is 17.0. The molecule has 6 nitrogen and oxygen atoms in total. The summed E-state index contributed by atoms with van der Waals surface area (Å²) in [6, 6.07) is 0. The van der Waals surface area contributed by atoms with Crippen LogP contribution < -0.4 is 0 Å². The van der Waals surface area contributed by atoms with Crippen molar-refractivity contribution < 1.29 is 28.9 Å². The minimum absolute atomic E-state index is 0.0702. The molecule has 3 atom stereocenters. The molecule has 0 bridgehead atoms. The number of hydrogen-bond acceptors (Lipinski definition) is 6. The summed E-state index contributed by atoms with van der Waals surface area (Å²) in [6.07, 6.45) is 32.9. The Hall–Kier alpha value is -1.40. The highest BCUT2D eigenvalue weighted by molar-refractivity contribution is 5.70. The molecule has 246 valence electrons. The second kappa shape index (κ2) is 28.4. The zero-order valence-corrected chi connectivity index (χ0v) is 27.5. The monoisotopic (exact) mass is 594 g/mol. The molecule has 1 saturated heterocycles. The maximum absolute atomic E-state index is 12.1. The van der Waals surface area contributed by atoms with Crippen LogP contribution in [0.4, 0.5) is 0 Å². The predicted molar refractivity (Wildman–Crippen MR) is 172 cm³/mol. The molecule has 1 aliphatic rings. The Morgan fingerprint density at radius 3 is 1.79 bits per heavy atom. The minimum Gasteiger partial charge on any atom is -0.462 e. The van der Waals surface area contributed by atoms with Gasteiger partial charge in [-0.2, -0.15) is 0 Å². The molecule has 0 aromatic carbocycles. The van der Waals surface area contributed by atoms with Crippen LogP contribution in [0.3, 0.4) is 0 Å². The molecule has 0 aromatic rings. The smallest absolute Gasteiger partial charge is 0.306 e. The fraction of sp³-hybridized carbons (Fsp3) is 0.889. The number of carbonyl (C=O) groups is 2. The van der Waals surface area contributed by atoms with Crippen molar-refractivity contribution in [3.8, 4) is 0 Å². The third-order valence-electron chi connectivity index (χ3n) is 8.23. The maximum Gasteiger partial charge on any atom is 0.306 e. The van der Waals surface area contributed by atoms with Crippen LogP contribution in [-0.2, 0) is 23.8 Å². The van der Waals surface area contributed by atoms with Gasteiger partial charge in [0.2, 0.25) is 0 Å². The summed E-state index contributed by atoms with van der Waals surface area (Å²) in [5.74, 6) is -0.608. The van der Waals surface area contributed by atoms with E-state index in [9.17, 15) is 14.7 Å². The zero-order valence-electron chi connectivity index (χ0n) is 27.5. The van der Waals surface area contributed by atoms with Gasteiger partial charge in [-0.1, -0.05) is 135 Å². The van der Waals surface area contributed by atoms with Crippen LogP contribution in [0, 0.1) is 0 Å². The lowest BCUT2D eigenvalue weighted by atomic mass is 10.0. The van der Waals surface area contributed by atoms with E-state index < -0.39 is 6.10 Å². The summed E-state index contributed by atoms with van der Waals surface area (Å²) in [5.41, 5.74) is 0. The molecule has 0 spiro atoms. The van der Waals surface area contributed by atoms with E-state index in [1.54, 1.807) is 0 Å². The summed E-state index contributed by atoms with van der Waals surface area (Å²) < 4.78 is 16.3. The molecule has 1 heterocycles. The van der Waals surface area contributed by atoms with Gasteiger partial charge >= 0.3 is 11.9 Å². The molecule has 0 radical (unpaired) electrons. The molecule has 1 fully saturated rings. The largest absolute Gasteiger partial charge is 0.462 e. The summed E-state index contributed by atoms with van der Waals surface area (Å²) in [6.45, 7) is 4.08. The van der Waals surface area contributed by atoms with Gasteiger partial charge < -0.3 is 19.3 Å². The number of esters is 2. The Morgan fingerprint density at radius 1 is 0.667 bits per heavy atom. The fourth-order valence-electron chi connectivity index (χ4n) is 5.38. The summed E-state index contributed by atoms with van der Waals surface area (Å²) >= 11 is 0. The molecule has 1 aliphatic heterocycles. The lowest BCUT2D eigenvalue weighted by molar-refractivity contribution is -0.161. The Morgan fingerprint density at radius 2 is 1.19 bits per heavy atom. The van der Waals surface area contributed by atoms with Crippen molar-refractivity contribution in [2.45, 2.75) is 193 Å². The van der Waals surface area contributed by atoms with E-state index in [0.717, 1.165) is 57.8 Å². The number of hydrogen-bond donors (Lipinski definition) is 1. The summed E-state index contributed by atoms with van der Waals surface area (Å²) in [4.78, 5) is 24.1. The first-order valence-electron chi connectivity index (χ1n) is 17.9. The maximum atomic E-state index is 12.1. The second-order valence-electron chi connectivity index (χ2n) is 12.3. The molecule has 1 N–H and O–H groups in total. The number of allylic oxidation sites excluding steroid dienone is 1. The number of carbonyl (C=O) groups excluding carboxylic acids is 2. The van der Waals surface area contributed by atoms with E-state index in [1.165, 1.54) is 89.9 Å². The molecule has 2 unspecified atom stereocenters. The van der Waals surface area contributed by atoms with Gasteiger partial charge in [-0.15, -0.1) is 0 Å². The van der Waals surface area contributed by atoms with Crippen LogP contribution in [0.2, 0.25) is 0 Å². The number of ether oxygens (including phenoxy) is 3. The lowest BCUT2D eigenvalue weighted by Gasteiger charge is -2.15. The summed E-state index contributed by atoms with van der Waals surface area (Å²) in [5, 5.41) is 9.52. The highest BCUT2D eigenvalue weighted by Gasteiger charge is 2.36. The highest BCUT2D eigenvalue weighted by Crippen LogP contribution is 2.30. The van der Waals surface area contributed by atoms with Crippen LogP contribution in [0.5, 0.6) is 0 Å². The van der Waals surface area contributed by atoms with Crippen LogP contribution in [0.1, 0.15) is 174 Å². The van der Waals surface area contributed by atoms with Crippen molar-refractivity contribution in [2.24, 2.45) is 0 Å². The third kappa shape index (κ3) is 24.1. The van der Waals surface area contributed by atoms with Crippen molar-refractivity contribution in [1.29, 1.82) is 0 Å². The standard InChI is InChI=1S/C36H66O6/c1-3-5-7-8-9-10-11-12-13-17-20-24-28-35(38)40-31-32(30-37)41-36(39)29-25-21-18-15-14-16-19-23-27-34-33(42-34)26-22-6-4-2/h19,23,32-34,37H,3-18,20-22,24-31H2,1-2H3/b23-19-/t32-,33?,34?/m0/s1.